The summed E-state index contributed by atoms with van der Waals surface area (Å²) in [6, 6.07) is 8.60. The Kier molecular flexibility index (Phi) is 6.52. The van der Waals surface area contributed by atoms with Crippen molar-refractivity contribution in [3.8, 4) is 0 Å². The molecule has 3 heterocycles. The molecule has 0 atom stereocenters. The summed E-state index contributed by atoms with van der Waals surface area (Å²) < 4.78 is 0. The van der Waals surface area contributed by atoms with E-state index < -0.39 is 0 Å². The highest BCUT2D eigenvalue weighted by Crippen LogP contribution is 2.31. The quantitative estimate of drug-likeness (QED) is 0.414. The van der Waals surface area contributed by atoms with Crippen molar-refractivity contribution < 1.29 is 4.79 Å². The van der Waals surface area contributed by atoms with Gasteiger partial charge in [0.25, 0.3) is 0 Å². The number of ketones is 1. The van der Waals surface area contributed by atoms with E-state index in [-0.39, 0.29) is 17.9 Å². The zero-order valence-corrected chi connectivity index (χ0v) is 20.1. The number of benzene rings is 1. The first-order valence-electron chi connectivity index (χ1n) is 12.4. The third-order valence-electron chi connectivity index (χ3n) is 7.33. The molecule has 1 saturated heterocycles. The molecule has 5 N–H and O–H groups in total. The minimum atomic E-state index is -0.0160. The van der Waals surface area contributed by atoms with Gasteiger partial charge >= 0.3 is 0 Å². The third-order valence-corrected chi connectivity index (χ3v) is 7.33. The highest BCUT2D eigenvalue weighted by molar-refractivity contribution is 6.18. The maximum Gasteiger partial charge on any atom is 0.226 e. The van der Waals surface area contributed by atoms with Gasteiger partial charge in [-0.05, 0) is 71.1 Å². The van der Waals surface area contributed by atoms with E-state index >= 15 is 0 Å². The molecule has 0 bridgehead atoms. The lowest BCUT2D eigenvalue weighted by atomic mass is 9.91. The van der Waals surface area contributed by atoms with Gasteiger partial charge in [0.2, 0.25) is 5.95 Å². The number of likely N-dealkylation sites (tertiary alicyclic amines) is 1. The Bertz CT molecular complexity index is 1160. The summed E-state index contributed by atoms with van der Waals surface area (Å²) in [7, 11) is 2.16. The summed E-state index contributed by atoms with van der Waals surface area (Å²) in [5.41, 5.74) is 9.07. The van der Waals surface area contributed by atoms with Crippen molar-refractivity contribution in [1.82, 2.24) is 19.9 Å². The number of nitrogens with one attached hydrogen (secondary N) is 3. The second kappa shape index (κ2) is 9.72. The van der Waals surface area contributed by atoms with Crippen molar-refractivity contribution >= 4 is 28.6 Å². The molecule has 1 aromatic carbocycles. The van der Waals surface area contributed by atoms with E-state index in [1.165, 1.54) is 0 Å². The molecule has 0 spiro atoms. The van der Waals surface area contributed by atoms with Gasteiger partial charge in [0.15, 0.2) is 5.78 Å². The number of rotatable bonds is 6. The van der Waals surface area contributed by atoms with Gasteiger partial charge in [-0.2, -0.15) is 9.97 Å². The first-order chi connectivity index (χ1) is 16.5. The zero-order valence-electron chi connectivity index (χ0n) is 20.1. The van der Waals surface area contributed by atoms with Crippen LogP contribution < -0.4 is 16.4 Å². The highest BCUT2D eigenvalue weighted by Gasteiger charge is 2.25. The summed E-state index contributed by atoms with van der Waals surface area (Å²) in [4.78, 5) is 28.8. The molecule has 3 aromatic rings. The predicted molar refractivity (Wildman–Crippen MR) is 136 cm³/mol. The van der Waals surface area contributed by atoms with Crippen LogP contribution in [0.25, 0.3) is 11.0 Å². The Morgan fingerprint density at radius 1 is 1.00 bits per heavy atom. The third kappa shape index (κ3) is 4.79. The van der Waals surface area contributed by atoms with E-state index in [2.05, 4.69) is 27.6 Å². The first-order valence-corrected chi connectivity index (χ1v) is 12.4. The summed E-state index contributed by atoms with van der Waals surface area (Å²) in [5, 5.41) is 7.95. The maximum absolute atomic E-state index is 13.5. The van der Waals surface area contributed by atoms with Crippen LogP contribution in [-0.2, 0) is 0 Å². The smallest absolute Gasteiger partial charge is 0.226 e. The van der Waals surface area contributed by atoms with E-state index in [4.69, 9.17) is 15.7 Å². The summed E-state index contributed by atoms with van der Waals surface area (Å²) >= 11 is 0. The van der Waals surface area contributed by atoms with Crippen LogP contribution in [0, 0.1) is 6.92 Å². The standard InChI is InChI=1S/C26H35N7O/c1-16-5-3-4-6-20(16)23(34)21-15-28-24-22(21)25(29-18-9-7-17(27)8-10-18)32-26(31-24)30-19-11-13-33(2)14-12-19/h3-6,15,17-19H,7-14,27H2,1-2H3,(H3,28,29,30,31,32). The molecule has 0 amide bonds. The van der Waals surface area contributed by atoms with Gasteiger partial charge in [-0.3, -0.25) is 4.79 Å². The number of carbonyl (C=O) groups excluding carboxylic acids is 1. The van der Waals surface area contributed by atoms with Crippen LogP contribution >= 0.6 is 0 Å². The largest absolute Gasteiger partial charge is 0.367 e. The lowest BCUT2D eigenvalue weighted by Gasteiger charge is -2.30. The number of anilines is 2. The van der Waals surface area contributed by atoms with Crippen LogP contribution in [0.15, 0.2) is 30.5 Å². The van der Waals surface area contributed by atoms with Gasteiger partial charge in [0, 0.05) is 29.9 Å². The molecule has 2 aromatic heterocycles. The molecule has 2 fully saturated rings. The fraction of sp³-hybridized carbons (Fsp3) is 0.500. The van der Waals surface area contributed by atoms with E-state index in [9.17, 15) is 4.79 Å². The molecule has 0 radical (unpaired) electrons. The van der Waals surface area contributed by atoms with Crippen LogP contribution in [0.1, 0.15) is 60.0 Å². The Labute approximate surface area is 200 Å². The van der Waals surface area contributed by atoms with Crippen molar-refractivity contribution in [2.24, 2.45) is 5.73 Å². The summed E-state index contributed by atoms with van der Waals surface area (Å²) in [6.45, 7) is 4.09. The van der Waals surface area contributed by atoms with Crippen LogP contribution in [-0.4, -0.2) is 63.9 Å². The molecule has 0 unspecified atom stereocenters. The number of fused-ring (bicyclic) bond motifs is 1. The number of carbonyl (C=O) groups is 1. The van der Waals surface area contributed by atoms with E-state index in [1.54, 1.807) is 6.20 Å². The van der Waals surface area contributed by atoms with Gasteiger partial charge in [-0.15, -0.1) is 0 Å². The fourth-order valence-corrected chi connectivity index (χ4v) is 5.15. The van der Waals surface area contributed by atoms with Gasteiger partial charge in [-0.25, -0.2) is 0 Å². The number of hydrogen-bond acceptors (Lipinski definition) is 7. The molecule has 8 heteroatoms. The van der Waals surface area contributed by atoms with Gasteiger partial charge in [-0.1, -0.05) is 24.3 Å². The normalized spacial score (nSPS) is 22.1. The Morgan fingerprint density at radius 2 is 1.71 bits per heavy atom. The predicted octanol–water partition coefficient (Wildman–Crippen LogP) is 3.69. The van der Waals surface area contributed by atoms with Gasteiger partial charge in [0.05, 0.1) is 10.9 Å². The zero-order chi connectivity index (χ0) is 23.7. The van der Waals surface area contributed by atoms with Crippen LogP contribution in [0.3, 0.4) is 0 Å². The second-order valence-corrected chi connectivity index (χ2v) is 9.94. The molecule has 1 saturated carbocycles. The van der Waals surface area contributed by atoms with Crippen molar-refractivity contribution in [2.45, 2.75) is 63.6 Å². The molecule has 1 aliphatic carbocycles. The second-order valence-electron chi connectivity index (χ2n) is 9.94. The lowest BCUT2D eigenvalue weighted by molar-refractivity contribution is 0.103. The number of hydrogen-bond donors (Lipinski definition) is 4. The van der Waals surface area contributed by atoms with Gasteiger partial charge < -0.3 is 26.3 Å². The van der Waals surface area contributed by atoms with E-state index in [1.807, 2.05) is 31.2 Å². The molecule has 8 nitrogen and oxygen atoms in total. The Morgan fingerprint density at radius 3 is 2.44 bits per heavy atom. The number of H-pyrrole nitrogens is 1. The van der Waals surface area contributed by atoms with Crippen LogP contribution in [0.5, 0.6) is 0 Å². The van der Waals surface area contributed by atoms with Crippen LogP contribution in [0.4, 0.5) is 11.8 Å². The molecular weight excluding hydrogens is 426 g/mol. The van der Waals surface area contributed by atoms with Crippen LogP contribution in [0.2, 0.25) is 0 Å². The Balaban J connectivity index is 1.50. The minimum Gasteiger partial charge on any atom is -0.367 e. The number of aromatic amines is 1. The maximum atomic E-state index is 13.5. The fourth-order valence-electron chi connectivity index (χ4n) is 5.15. The number of aromatic nitrogens is 3. The average molecular weight is 462 g/mol. The first kappa shape index (κ1) is 22.8. The Hall–Kier alpha value is -2.97. The summed E-state index contributed by atoms with van der Waals surface area (Å²) in [6.07, 6.45) is 7.87. The monoisotopic (exact) mass is 461 g/mol. The van der Waals surface area contributed by atoms with E-state index in [0.29, 0.717) is 28.8 Å². The lowest BCUT2D eigenvalue weighted by Crippen LogP contribution is -2.37. The highest BCUT2D eigenvalue weighted by atomic mass is 16.1. The van der Waals surface area contributed by atoms with Gasteiger partial charge in [0.1, 0.15) is 11.5 Å². The van der Waals surface area contributed by atoms with Crippen molar-refractivity contribution in [2.75, 3.05) is 30.8 Å². The van der Waals surface area contributed by atoms with E-state index in [0.717, 1.165) is 68.4 Å². The molecule has 2 aliphatic rings. The topological polar surface area (TPSA) is 112 Å². The number of aryl methyl sites for hydroxylation is 1. The number of nitrogens with two attached hydrogens (primary N) is 1. The molecule has 34 heavy (non-hydrogen) atoms. The van der Waals surface area contributed by atoms with Crippen molar-refractivity contribution in [3.63, 3.8) is 0 Å². The average Bonchev–Trinajstić information content (AvgIpc) is 3.26. The SMILES string of the molecule is Cc1ccccc1C(=O)c1c[nH]c2nc(NC3CCN(C)CC3)nc(NC3CCC(N)CC3)c12. The molecule has 180 valence electrons. The molecular formula is C26H35N7O. The molecule has 5 rings (SSSR count). The van der Waals surface area contributed by atoms with Crippen molar-refractivity contribution in [3.05, 3.63) is 47.2 Å². The molecule has 1 aliphatic heterocycles. The van der Waals surface area contributed by atoms with Crippen molar-refractivity contribution in [1.29, 1.82) is 0 Å². The minimum absolute atomic E-state index is 0.0160. The number of piperidine rings is 1. The number of nitrogens with zero attached hydrogens (tertiary/aromatic N) is 3. The summed E-state index contributed by atoms with van der Waals surface area (Å²) in [5.74, 6) is 1.31.